The van der Waals surface area contributed by atoms with Crippen LogP contribution in [0.25, 0.3) is 0 Å². The van der Waals surface area contributed by atoms with E-state index in [9.17, 15) is 0 Å². The lowest BCUT2D eigenvalue weighted by Crippen LogP contribution is -2.08. The minimum absolute atomic E-state index is 0.781. The Morgan fingerprint density at radius 3 is 2.52 bits per heavy atom. The van der Waals surface area contributed by atoms with Crippen molar-refractivity contribution in [2.24, 2.45) is 0 Å². The number of aryl methyl sites for hydroxylation is 3. The maximum Gasteiger partial charge on any atom is 0.143 e. The number of hydrogen-bond acceptors (Lipinski definition) is 3. The molecule has 0 fully saturated rings. The Labute approximate surface area is 140 Å². The minimum Gasteiger partial charge on any atom is -0.372 e. The Bertz CT molecular complexity index is 638. The second-order valence-electron chi connectivity index (χ2n) is 5.34. The van der Waals surface area contributed by atoms with Crippen molar-refractivity contribution >= 4 is 28.4 Å². The monoisotopic (exact) mass is 395 g/mol. The molecule has 112 valence electrons. The Kier molecular flexibility index (Phi) is 5.56. The van der Waals surface area contributed by atoms with Crippen molar-refractivity contribution in [3.8, 4) is 0 Å². The summed E-state index contributed by atoms with van der Waals surface area (Å²) in [5, 5.41) is 3.18. The van der Waals surface area contributed by atoms with Gasteiger partial charge in [-0.05, 0) is 59.5 Å². The number of nitrogens with one attached hydrogen (secondary N) is 1. The van der Waals surface area contributed by atoms with E-state index in [2.05, 4.69) is 71.9 Å². The highest BCUT2D eigenvalue weighted by atomic mass is 127. The van der Waals surface area contributed by atoms with Crippen LogP contribution in [0, 0.1) is 17.4 Å². The Morgan fingerprint density at radius 2 is 1.90 bits per heavy atom. The molecule has 4 heteroatoms. The van der Waals surface area contributed by atoms with E-state index in [0.717, 1.165) is 40.2 Å². The molecule has 0 saturated carbocycles. The van der Waals surface area contributed by atoms with Crippen LogP contribution in [0.15, 0.2) is 18.2 Å². The van der Waals surface area contributed by atoms with E-state index >= 15 is 0 Å². The summed E-state index contributed by atoms with van der Waals surface area (Å²) in [6, 6.07) is 6.57. The van der Waals surface area contributed by atoms with Gasteiger partial charge in [0.15, 0.2) is 0 Å². The first-order valence-electron chi connectivity index (χ1n) is 7.34. The van der Waals surface area contributed by atoms with Crippen LogP contribution >= 0.6 is 22.6 Å². The molecule has 0 aliphatic carbocycles. The SMILES string of the molecule is CCCc1nc(Cc2ccc(C)c(C)c2)nc(NC)c1I. The smallest absolute Gasteiger partial charge is 0.143 e. The summed E-state index contributed by atoms with van der Waals surface area (Å²) in [6.07, 6.45) is 2.87. The lowest BCUT2D eigenvalue weighted by atomic mass is 10.0. The van der Waals surface area contributed by atoms with E-state index in [1.807, 2.05) is 7.05 Å². The molecule has 1 N–H and O–H groups in total. The van der Waals surface area contributed by atoms with Crippen molar-refractivity contribution in [3.63, 3.8) is 0 Å². The average molecular weight is 395 g/mol. The number of halogens is 1. The van der Waals surface area contributed by atoms with Crippen LogP contribution in [0.1, 0.15) is 41.6 Å². The number of rotatable bonds is 5. The van der Waals surface area contributed by atoms with Gasteiger partial charge < -0.3 is 5.32 Å². The molecule has 0 radical (unpaired) electrons. The van der Waals surface area contributed by atoms with Crippen LogP contribution in [0.3, 0.4) is 0 Å². The molecule has 0 atom stereocenters. The predicted molar refractivity (Wildman–Crippen MR) is 97.0 cm³/mol. The highest BCUT2D eigenvalue weighted by Gasteiger charge is 2.11. The van der Waals surface area contributed by atoms with E-state index in [1.165, 1.54) is 16.7 Å². The van der Waals surface area contributed by atoms with E-state index in [-0.39, 0.29) is 0 Å². The van der Waals surface area contributed by atoms with Gasteiger partial charge in [0, 0.05) is 13.5 Å². The lowest BCUT2D eigenvalue weighted by Gasteiger charge is -2.11. The summed E-state index contributed by atoms with van der Waals surface area (Å²) in [4.78, 5) is 9.41. The fourth-order valence-corrected chi connectivity index (χ4v) is 3.07. The van der Waals surface area contributed by atoms with E-state index in [4.69, 9.17) is 4.98 Å². The van der Waals surface area contributed by atoms with Gasteiger partial charge in [0.1, 0.15) is 11.6 Å². The first kappa shape index (κ1) is 16.2. The van der Waals surface area contributed by atoms with Gasteiger partial charge in [-0.25, -0.2) is 9.97 Å². The van der Waals surface area contributed by atoms with Gasteiger partial charge >= 0.3 is 0 Å². The third-order valence-electron chi connectivity index (χ3n) is 3.62. The van der Waals surface area contributed by atoms with E-state index in [1.54, 1.807) is 0 Å². The Balaban J connectivity index is 2.34. The quantitative estimate of drug-likeness (QED) is 0.768. The molecule has 1 aromatic heterocycles. The largest absolute Gasteiger partial charge is 0.372 e. The molecule has 3 nitrogen and oxygen atoms in total. The predicted octanol–water partition coefficient (Wildman–Crippen LogP) is 4.28. The van der Waals surface area contributed by atoms with Crippen LogP contribution in [0.2, 0.25) is 0 Å². The second-order valence-corrected chi connectivity index (χ2v) is 6.42. The number of aromatic nitrogens is 2. The molecule has 1 heterocycles. The lowest BCUT2D eigenvalue weighted by molar-refractivity contribution is 0.834. The van der Waals surface area contributed by atoms with E-state index in [0.29, 0.717) is 0 Å². The molecule has 0 amide bonds. The summed E-state index contributed by atoms with van der Waals surface area (Å²) < 4.78 is 1.14. The Morgan fingerprint density at radius 1 is 1.14 bits per heavy atom. The molecule has 21 heavy (non-hydrogen) atoms. The molecule has 2 aromatic rings. The molecular formula is C17H22IN3. The average Bonchev–Trinajstić information content (AvgIpc) is 2.46. The van der Waals surface area contributed by atoms with E-state index < -0.39 is 0 Å². The van der Waals surface area contributed by atoms with Crippen LogP contribution in [-0.4, -0.2) is 17.0 Å². The van der Waals surface area contributed by atoms with Gasteiger partial charge in [0.25, 0.3) is 0 Å². The van der Waals surface area contributed by atoms with Gasteiger partial charge in [-0.1, -0.05) is 31.5 Å². The summed E-state index contributed by atoms with van der Waals surface area (Å²) in [5.41, 5.74) is 5.06. The first-order chi connectivity index (χ1) is 10.0. The number of benzene rings is 1. The maximum absolute atomic E-state index is 4.76. The molecule has 0 aliphatic rings. The van der Waals surface area contributed by atoms with Gasteiger partial charge in [-0.2, -0.15) is 0 Å². The fourth-order valence-electron chi connectivity index (χ4n) is 2.29. The standard InChI is InChI=1S/C17H22IN3/c1-5-6-14-16(18)17(19-4)21-15(20-14)10-13-8-7-11(2)12(3)9-13/h7-9H,5-6,10H2,1-4H3,(H,19,20,21). The molecule has 0 aliphatic heterocycles. The summed E-state index contributed by atoms with van der Waals surface area (Å²) >= 11 is 2.33. The van der Waals surface area contributed by atoms with Gasteiger partial charge in [0.2, 0.25) is 0 Å². The molecular weight excluding hydrogens is 373 g/mol. The summed E-state index contributed by atoms with van der Waals surface area (Å²) in [6.45, 7) is 6.47. The van der Waals surface area contributed by atoms with Crippen molar-refractivity contribution < 1.29 is 0 Å². The van der Waals surface area contributed by atoms with Crippen molar-refractivity contribution in [1.82, 2.24) is 9.97 Å². The van der Waals surface area contributed by atoms with Crippen LogP contribution < -0.4 is 5.32 Å². The van der Waals surface area contributed by atoms with Crippen molar-refractivity contribution in [2.75, 3.05) is 12.4 Å². The molecule has 0 bridgehead atoms. The zero-order valence-electron chi connectivity index (χ0n) is 13.1. The topological polar surface area (TPSA) is 37.8 Å². The van der Waals surface area contributed by atoms with Crippen molar-refractivity contribution in [3.05, 3.63) is 50.0 Å². The summed E-state index contributed by atoms with van der Waals surface area (Å²) in [7, 11) is 1.92. The van der Waals surface area contributed by atoms with Crippen molar-refractivity contribution in [1.29, 1.82) is 0 Å². The number of hydrogen-bond donors (Lipinski definition) is 1. The normalized spacial score (nSPS) is 10.7. The summed E-state index contributed by atoms with van der Waals surface area (Å²) in [5.74, 6) is 1.83. The van der Waals surface area contributed by atoms with Gasteiger partial charge in [-0.15, -0.1) is 0 Å². The maximum atomic E-state index is 4.76. The molecule has 1 aromatic carbocycles. The van der Waals surface area contributed by atoms with Crippen LogP contribution in [0.5, 0.6) is 0 Å². The zero-order valence-corrected chi connectivity index (χ0v) is 15.3. The molecule has 0 saturated heterocycles. The minimum atomic E-state index is 0.781. The second kappa shape index (κ2) is 7.20. The third-order valence-corrected chi connectivity index (χ3v) is 4.76. The highest BCUT2D eigenvalue weighted by molar-refractivity contribution is 14.1. The number of nitrogens with zero attached hydrogens (tertiary/aromatic N) is 2. The first-order valence-corrected chi connectivity index (χ1v) is 8.42. The Hall–Kier alpha value is -1.17. The fraction of sp³-hybridized carbons (Fsp3) is 0.412. The zero-order chi connectivity index (χ0) is 15.4. The van der Waals surface area contributed by atoms with Gasteiger partial charge in [-0.3, -0.25) is 0 Å². The van der Waals surface area contributed by atoms with Crippen LogP contribution in [-0.2, 0) is 12.8 Å². The molecule has 0 unspecified atom stereocenters. The molecule has 2 rings (SSSR count). The highest BCUT2D eigenvalue weighted by Crippen LogP contribution is 2.21. The molecule has 0 spiro atoms. The number of anilines is 1. The third kappa shape index (κ3) is 3.93. The van der Waals surface area contributed by atoms with Crippen molar-refractivity contribution in [2.45, 2.75) is 40.0 Å². The van der Waals surface area contributed by atoms with Gasteiger partial charge in [0.05, 0.1) is 9.26 Å². The van der Waals surface area contributed by atoms with Crippen LogP contribution in [0.4, 0.5) is 5.82 Å².